The molecule has 0 amide bonds. The minimum Gasteiger partial charge on any atom is -0.473 e. The first kappa shape index (κ1) is 14.1. The molecule has 0 radical (unpaired) electrons. The van der Waals surface area contributed by atoms with Crippen LogP contribution < -0.4 is 10.5 Å². The lowest BCUT2D eigenvalue weighted by Gasteiger charge is -2.12. The number of anilines is 1. The van der Waals surface area contributed by atoms with Crippen LogP contribution in [0.1, 0.15) is 20.3 Å². The first-order valence-corrected chi connectivity index (χ1v) is 6.52. The molecule has 0 aliphatic carbocycles. The second-order valence-electron chi connectivity index (χ2n) is 3.76. The Kier molecular flexibility index (Phi) is 6.07. The molecule has 6 heteroatoms. The Balaban J connectivity index is 2.59. The van der Waals surface area contributed by atoms with Gasteiger partial charge in [0.25, 0.3) is 0 Å². The minimum atomic E-state index is 0.0542. The number of nitrogens with two attached hydrogens (primary N) is 1. The first-order valence-electron chi connectivity index (χ1n) is 5.54. The van der Waals surface area contributed by atoms with Gasteiger partial charge in [-0.1, -0.05) is 0 Å². The van der Waals surface area contributed by atoms with Crippen molar-refractivity contribution >= 4 is 17.4 Å². The van der Waals surface area contributed by atoms with Crippen molar-refractivity contribution in [3.63, 3.8) is 0 Å². The zero-order valence-corrected chi connectivity index (χ0v) is 11.3. The molecule has 0 aliphatic rings. The third-order valence-electron chi connectivity index (χ3n) is 1.89. The molecule has 0 spiro atoms. The molecule has 5 nitrogen and oxygen atoms in total. The lowest BCUT2D eigenvalue weighted by molar-refractivity contribution is 0.200. The highest BCUT2D eigenvalue weighted by atomic mass is 32.2. The van der Waals surface area contributed by atoms with E-state index in [1.165, 1.54) is 6.33 Å². The van der Waals surface area contributed by atoms with Crippen LogP contribution in [0.3, 0.4) is 0 Å². The van der Waals surface area contributed by atoms with Crippen LogP contribution in [0, 0.1) is 0 Å². The van der Waals surface area contributed by atoms with E-state index < -0.39 is 0 Å². The number of thioether (sulfide) groups is 1. The number of rotatable bonds is 7. The van der Waals surface area contributed by atoms with E-state index in [-0.39, 0.29) is 6.10 Å². The van der Waals surface area contributed by atoms with Crippen LogP contribution in [0.2, 0.25) is 0 Å². The van der Waals surface area contributed by atoms with Gasteiger partial charge in [-0.2, -0.15) is 4.98 Å². The van der Waals surface area contributed by atoms with Crippen LogP contribution in [-0.4, -0.2) is 35.5 Å². The molecule has 17 heavy (non-hydrogen) atoms. The Morgan fingerprint density at radius 1 is 1.41 bits per heavy atom. The quantitative estimate of drug-likeness (QED) is 0.457. The van der Waals surface area contributed by atoms with Crippen LogP contribution >= 0.6 is 11.8 Å². The summed E-state index contributed by atoms with van der Waals surface area (Å²) in [7, 11) is 1.69. The van der Waals surface area contributed by atoms with Gasteiger partial charge in [-0.15, -0.1) is 11.8 Å². The van der Waals surface area contributed by atoms with Gasteiger partial charge in [0.15, 0.2) is 0 Å². The molecule has 0 atom stereocenters. The van der Waals surface area contributed by atoms with E-state index in [0.717, 1.165) is 23.8 Å². The number of hydrogen-bond acceptors (Lipinski definition) is 6. The van der Waals surface area contributed by atoms with Crippen molar-refractivity contribution in [1.82, 2.24) is 9.97 Å². The SMILES string of the molecule is COCCCSc1ncnc(OC(C)C)c1N. The second-order valence-corrected chi connectivity index (χ2v) is 4.84. The average Bonchev–Trinajstić information content (AvgIpc) is 2.28. The smallest absolute Gasteiger partial charge is 0.241 e. The molecule has 96 valence electrons. The Hall–Kier alpha value is -1.01. The number of ether oxygens (including phenoxy) is 2. The van der Waals surface area contributed by atoms with Crippen molar-refractivity contribution < 1.29 is 9.47 Å². The molecule has 0 fully saturated rings. The predicted molar refractivity (Wildman–Crippen MR) is 69.4 cm³/mol. The van der Waals surface area contributed by atoms with E-state index in [0.29, 0.717) is 11.6 Å². The summed E-state index contributed by atoms with van der Waals surface area (Å²) >= 11 is 1.59. The molecule has 0 bridgehead atoms. The standard InChI is InChI=1S/C11H19N3O2S/c1-8(2)16-10-9(12)11(14-7-13-10)17-6-4-5-15-3/h7-8H,4-6,12H2,1-3H3. The van der Waals surface area contributed by atoms with Gasteiger partial charge in [0.1, 0.15) is 17.0 Å². The van der Waals surface area contributed by atoms with Gasteiger partial charge in [0.05, 0.1) is 6.10 Å². The van der Waals surface area contributed by atoms with Crippen molar-refractivity contribution in [1.29, 1.82) is 0 Å². The minimum absolute atomic E-state index is 0.0542. The molecule has 0 saturated carbocycles. The normalized spacial score (nSPS) is 10.8. The van der Waals surface area contributed by atoms with Crippen LogP contribution in [0.5, 0.6) is 5.88 Å². The molecule has 1 rings (SSSR count). The summed E-state index contributed by atoms with van der Waals surface area (Å²) in [5, 5.41) is 0.770. The lowest BCUT2D eigenvalue weighted by Crippen LogP contribution is -2.10. The van der Waals surface area contributed by atoms with Gasteiger partial charge in [-0.3, -0.25) is 0 Å². The predicted octanol–water partition coefficient (Wildman–Crippen LogP) is 1.97. The molecular formula is C11H19N3O2S. The maximum atomic E-state index is 5.94. The van der Waals surface area contributed by atoms with E-state index in [1.807, 2.05) is 13.8 Å². The number of methoxy groups -OCH3 is 1. The highest BCUT2D eigenvalue weighted by molar-refractivity contribution is 7.99. The third kappa shape index (κ3) is 4.79. The van der Waals surface area contributed by atoms with Crippen LogP contribution in [0.4, 0.5) is 5.69 Å². The van der Waals surface area contributed by atoms with Crippen LogP contribution in [-0.2, 0) is 4.74 Å². The van der Waals surface area contributed by atoms with Crippen molar-refractivity contribution in [3.05, 3.63) is 6.33 Å². The summed E-state index contributed by atoms with van der Waals surface area (Å²) in [5.41, 5.74) is 6.46. The maximum Gasteiger partial charge on any atom is 0.241 e. The third-order valence-corrected chi connectivity index (χ3v) is 2.98. The summed E-state index contributed by atoms with van der Waals surface area (Å²) in [6, 6.07) is 0. The molecule has 1 heterocycles. The molecule has 0 unspecified atom stereocenters. The highest BCUT2D eigenvalue weighted by Crippen LogP contribution is 2.29. The zero-order chi connectivity index (χ0) is 12.7. The van der Waals surface area contributed by atoms with Gasteiger partial charge < -0.3 is 15.2 Å². The molecule has 0 aliphatic heterocycles. The summed E-state index contributed by atoms with van der Waals surface area (Å²) in [6.45, 7) is 4.62. The Labute approximate surface area is 106 Å². The first-order chi connectivity index (χ1) is 8.15. The zero-order valence-electron chi connectivity index (χ0n) is 10.5. The van der Waals surface area contributed by atoms with Gasteiger partial charge >= 0.3 is 0 Å². The fourth-order valence-electron chi connectivity index (χ4n) is 1.17. The van der Waals surface area contributed by atoms with Crippen molar-refractivity contribution in [3.8, 4) is 5.88 Å². The molecule has 0 aromatic carbocycles. The van der Waals surface area contributed by atoms with Gasteiger partial charge in [0, 0.05) is 19.5 Å². The number of nitrogens with zero attached hydrogens (tertiary/aromatic N) is 2. The van der Waals surface area contributed by atoms with E-state index in [1.54, 1.807) is 18.9 Å². The monoisotopic (exact) mass is 257 g/mol. The van der Waals surface area contributed by atoms with Crippen LogP contribution in [0.15, 0.2) is 11.4 Å². The molecule has 1 aromatic rings. The lowest BCUT2D eigenvalue weighted by atomic mass is 10.4. The topological polar surface area (TPSA) is 70.3 Å². The van der Waals surface area contributed by atoms with Gasteiger partial charge in [-0.25, -0.2) is 4.98 Å². The molecule has 0 saturated heterocycles. The Bertz CT molecular complexity index is 347. The van der Waals surface area contributed by atoms with E-state index in [4.69, 9.17) is 15.2 Å². The van der Waals surface area contributed by atoms with Crippen molar-refractivity contribution in [2.75, 3.05) is 25.2 Å². The molecular weight excluding hydrogens is 238 g/mol. The van der Waals surface area contributed by atoms with Crippen molar-refractivity contribution in [2.45, 2.75) is 31.4 Å². The Morgan fingerprint density at radius 2 is 2.18 bits per heavy atom. The fourth-order valence-corrected chi connectivity index (χ4v) is 1.99. The van der Waals surface area contributed by atoms with E-state index in [9.17, 15) is 0 Å². The van der Waals surface area contributed by atoms with E-state index >= 15 is 0 Å². The van der Waals surface area contributed by atoms with Gasteiger partial charge in [0.2, 0.25) is 5.88 Å². The van der Waals surface area contributed by atoms with Gasteiger partial charge in [-0.05, 0) is 20.3 Å². The largest absolute Gasteiger partial charge is 0.473 e. The Morgan fingerprint density at radius 3 is 2.82 bits per heavy atom. The summed E-state index contributed by atoms with van der Waals surface area (Å²) < 4.78 is 10.5. The highest BCUT2D eigenvalue weighted by Gasteiger charge is 2.10. The molecule has 2 N–H and O–H groups in total. The van der Waals surface area contributed by atoms with Crippen LogP contribution in [0.25, 0.3) is 0 Å². The maximum absolute atomic E-state index is 5.94. The van der Waals surface area contributed by atoms with E-state index in [2.05, 4.69) is 9.97 Å². The number of aromatic nitrogens is 2. The molecule has 1 aromatic heterocycles. The second kappa shape index (κ2) is 7.34. The fraction of sp³-hybridized carbons (Fsp3) is 0.636. The number of nitrogen functional groups attached to an aromatic ring is 1. The average molecular weight is 257 g/mol. The number of hydrogen-bond donors (Lipinski definition) is 1. The summed E-state index contributed by atoms with van der Waals surface area (Å²) in [4.78, 5) is 8.18. The van der Waals surface area contributed by atoms with Crippen molar-refractivity contribution in [2.24, 2.45) is 0 Å². The summed E-state index contributed by atoms with van der Waals surface area (Å²) in [6.07, 6.45) is 2.50. The summed E-state index contributed by atoms with van der Waals surface area (Å²) in [5.74, 6) is 1.38.